The number of amides is 2. The quantitative estimate of drug-likeness (QED) is 0.684. The van der Waals surface area contributed by atoms with Crippen molar-refractivity contribution in [3.63, 3.8) is 0 Å². The summed E-state index contributed by atoms with van der Waals surface area (Å²) < 4.78 is 0. The fourth-order valence-corrected chi connectivity index (χ4v) is 2.83. The molecule has 6 nitrogen and oxygen atoms in total. The van der Waals surface area contributed by atoms with Gasteiger partial charge in [-0.25, -0.2) is 0 Å². The summed E-state index contributed by atoms with van der Waals surface area (Å²) >= 11 is 0. The second kappa shape index (κ2) is 7.75. The van der Waals surface area contributed by atoms with Crippen LogP contribution in [0.2, 0.25) is 0 Å². The maximum atomic E-state index is 12.2. The van der Waals surface area contributed by atoms with Crippen molar-refractivity contribution in [2.24, 2.45) is 5.92 Å². The van der Waals surface area contributed by atoms with Gasteiger partial charge in [-0.05, 0) is 44.6 Å². The van der Waals surface area contributed by atoms with E-state index in [-0.39, 0.29) is 25.0 Å². The number of carbonyl (C=O) groups is 2. The molecule has 1 unspecified atom stereocenters. The molecule has 2 aliphatic rings. The molecule has 1 saturated carbocycles. The molecule has 0 aromatic rings. The van der Waals surface area contributed by atoms with Gasteiger partial charge in [0.25, 0.3) is 0 Å². The minimum Gasteiger partial charge on any atom is -0.396 e. The molecule has 0 aromatic heterocycles. The van der Waals surface area contributed by atoms with Crippen molar-refractivity contribution in [2.45, 2.75) is 38.1 Å². The molecule has 21 heavy (non-hydrogen) atoms. The summed E-state index contributed by atoms with van der Waals surface area (Å²) in [5, 5.41) is 11.9. The summed E-state index contributed by atoms with van der Waals surface area (Å²) in [6.07, 6.45) is 5.13. The first-order valence-corrected chi connectivity index (χ1v) is 7.95. The highest BCUT2D eigenvalue weighted by atomic mass is 16.3. The van der Waals surface area contributed by atoms with E-state index in [1.807, 2.05) is 0 Å². The molecule has 1 aliphatic heterocycles. The lowest BCUT2D eigenvalue weighted by molar-refractivity contribution is -0.136. The number of rotatable bonds is 7. The zero-order chi connectivity index (χ0) is 15.2. The van der Waals surface area contributed by atoms with E-state index in [0.29, 0.717) is 18.5 Å². The third kappa shape index (κ3) is 5.63. The number of hydrogen-bond acceptors (Lipinski definition) is 4. The highest BCUT2D eigenvalue weighted by Crippen LogP contribution is 2.19. The molecule has 0 aromatic carbocycles. The Balaban J connectivity index is 1.70. The normalized spacial score (nSPS) is 22.9. The van der Waals surface area contributed by atoms with E-state index in [9.17, 15) is 9.59 Å². The van der Waals surface area contributed by atoms with Crippen molar-refractivity contribution < 1.29 is 14.7 Å². The fourth-order valence-electron chi connectivity index (χ4n) is 2.83. The van der Waals surface area contributed by atoms with Crippen LogP contribution in [-0.2, 0) is 9.59 Å². The molecule has 2 N–H and O–H groups in total. The van der Waals surface area contributed by atoms with Crippen LogP contribution in [-0.4, -0.2) is 72.6 Å². The van der Waals surface area contributed by atoms with E-state index < -0.39 is 0 Å². The Labute approximate surface area is 126 Å². The van der Waals surface area contributed by atoms with Gasteiger partial charge in [0.15, 0.2) is 0 Å². The van der Waals surface area contributed by atoms with Gasteiger partial charge < -0.3 is 15.3 Å². The van der Waals surface area contributed by atoms with Crippen molar-refractivity contribution in [1.82, 2.24) is 15.1 Å². The molecule has 2 amide bonds. The number of hydrogen-bond donors (Lipinski definition) is 2. The number of nitrogens with zero attached hydrogens (tertiary/aromatic N) is 2. The van der Waals surface area contributed by atoms with Gasteiger partial charge in [0.05, 0.1) is 13.1 Å². The average Bonchev–Trinajstić information content (AvgIpc) is 3.23. The largest absolute Gasteiger partial charge is 0.396 e. The van der Waals surface area contributed by atoms with E-state index in [4.69, 9.17) is 5.11 Å². The van der Waals surface area contributed by atoms with Crippen LogP contribution >= 0.6 is 0 Å². The third-order valence-electron chi connectivity index (χ3n) is 4.25. The lowest BCUT2D eigenvalue weighted by Gasteiger charge is -2.32. The van der Waals surface area contributed by atoms with Crippen LogP contribution < -0.4 is 5.32 Å². The van der Waals surface area contributed by atoms with Gasteiger partial charge in [0.1, 0.15) is 0 Å². The van der Waals surface area contributed by atoms with Crippen molar-refractivity contribution in [3.05, 3.63) is 0 Å². The Morgan fingerprint density at radius 3 is 2.76 bits per heavy atom. The molecule has 0 spiro atoms. The van der Waals surface area contributed by atoms with E-state index in [0.717, 1.165) is 45.2 Å². The Hall–Kier alpha value is -1.14. The minimum atomic E-state index is -0.0647. The molecule has 1 atom stereocenters. The van der Waals surface area contributed by atoms with Crippen molar-refractivity contribution in [3.8, 4) is 0 Å². The molecule has 0 bridgehead atoms. The first-order chi connectivity index (χ1) is 10.1. The zero-order valence-corrected chi connectivity index (χ0v) is 12.9. The molecule has 6 heteroatoms. The second-order valence-corrected chi connectivity index (χ2v) is 6.35. The zero-order valence-electron chi connectivity index (χ0n) is 12.9. The van der Waals surface area contributed by atoms with Gasteiger partial charge in [-0.15, -0.1) is 0 Å². The van der Waals surface area contributed by atoms with E-state index in [1.165, 1.54) is 4.90 Å². The Bertz CT molecular complexity index is 369. The third-order valence-corrected chi connectivity index (χ3v) is 4.25. The van der Waals surface area contributed by atoms with Gasteiger partial charge in [-0.2, -0.15) is 0 Å². The van der Waals surface area contributed by atoms with Crippen LogP contribution in [0.3, 0.4) is 0 Å². The Morgan fingerprint density at radius 2 is 2.10 bits per heavy atom. The maximum Gasteiger partial charge on any atom is 0.239 e. The molecule has 2 fully saturated rings. The molecule has 1 heterocycles. The SMILES string of the molecule is CN(CC(=O)NC1CC1)C(=O)CN1CCCC(CCO)C1. The highest BCUT2D eigenvalue weighted by Gasteiger charge is 2.25. The van der Waals surface area contributed by atoms with Gasteiger partial charge in [0.2, 0.25) is 11.8 Å². The van der Waals surface area contributed by atoms with Crippen molar-refractivity contribution >= 4 is 11.8 Å². The standard InChI is InChI=1S/C15H27N3O3/c1-17(10-14(20)16-13-4-5-13)15(21)11-18-7-2-3-12(9-18)6-8-19/h12-13,19H,2-11H2,1H3,(H,16,20). The second-order valence-electron chi connectivity index (χ2n) is 6.35. The van der Waals surface area contributed by atoms with Gasteiger partial charge in [-0.1, -0.05) is 0 Å². The number of aliphatic hydroxyl groups excluding tert-OH is 1. The van der Waals surface area contributed by atoms with Crippen LogP contribution in [0.5, 0.6) is 0 Å². The Morgan fingerprint density at radius 1 is 1.33 bits per heavy atom. The summed E-state index contributed by atoms with van der Waals surface area (Å²) in [5.41, 5.74) is 0. The van der Waals surface area contributed by atoms with E-state index in [2.05, 4.69) is 10.2 Å². The van der Waals surface area contributed by atoms with Crippen molar-refractivity contribution in [2.75, 3.05) is 39.8 Å². The number of likely N-dealkylation sites (tertiary alicyclic amines) is 1. The first-order valence-electron chi connectivity index (χ1n) is 7.95. The topological polar surface area (TPSA) is 72.9 Å². The van der Waals surface area contributed by atoms with Crippen LogP contribution in [0.1, 0.15) is 32.1 Å². The van der Waals surface area contributed by atoms with Gasteiger partial charge >= 0.3 is 0 Å². The van der Waals surface area contributed by atoms with Crippen LogP contribution in [0.4, 0.5) is 0 Å². The average molecular weight is 297 g/mol. The van der Waals surface area contributed by atoms with Gasteiger partial charge in [0, 0.05) is 26.2 Å². The van der Waals surface area contributed by atoms with E-state index in [1.54, 1.807) is 7.05 Å². The Kier molecular flexibility index (Phi) is 5.99. The predicted octanol–water partition coefficient (Wildman–Crippen LogP) is -0.182. The summed E-state index contributed by atoms with van der Waals surface area (Å²) in [7, 11) is 1.68. The summed E-state index contributed by atoms with van der Waals surface area (Å²) in [6, 6.07) is 0.335. The molecular weight excluding hydrogens is 270 g/mol. The molecule has 2 rings (SSSR count). The minimum absolute atomic E-state index is 0.00871. The molecule has 120 valence electrons. The van der Waals surface area contributed by atoms with Gasteiger partial charge in [-0.3, -0.25) is 14.5 Å². The smallest absolute Gasteiger partial charge is 0.239 e. The summed E-state index contributed by atoms with van der Waals surface area (Å²) in [6.45, 7) is 2.52. The number of likely N-dealkylation sites (N-methyl/N-ethyl adjacent to an activating group) is 1. The van der Waals surface area contributed by atoms with Crippen LogP contribution in [0.15, 0.2) is 0 Å². The monoisotopic (exact) mass is 297 g/mol. The lowest BCUT2D eigenvalue weighted by Crippen LogP contribution is -2.46. The summed E-state index contributed by atoms with van der Waals surface area (Å²) in [4.78, 5) is 27.5. The summed E-state index contributed by atoms with van der Waals surface area (Å²) in [5.74, 6) is 0.413. The highest BCUT2D eigenvalue weighted by molar-refractivity contribution is 5.85. The first kappa shape index (κ1) is 16.2. The predicted molar refractivity (Wildman–Crippen MR) is 79.7 cm³/mol. The number of aliphatic hydroxyl groups is 1. The van der Waals surface area contributed by atoms with Crippen molar-refractivity contribution in [1.29, 1.82) is 0 Å². The fraction of sp³-hybridized carbons (Fsp3) is 0.867. The number of carbonyl (C=O) groups excluding carboxylic acids is 2. The van der Waals surface area contributed by atoms with Crippen LogP contribution in [0, 0.1) is 5.92 Å². The maximum absolute atomic E-state index is 12.2. The number of nitrogens with one attached hydrogen (secondary N) is 1. The lowest BCUT2D eigenvalue weighted by atomic mass is 9.95. The molecule has 0 radical (unpaired) electrons. The molecular formula is C15H27N3O3. The molecule has 1 saturated heterocycles. The molecule has 1 aliphatic carbocycles. The van der Waals surface area contributed by atoms with Crippen LogP contribution in [0.25, 0.3) is 0 Å². The van der Waals surface area contributed by atoms with E-state index >= 15 is 0 Å². The number of piperidine rings is 1.